The molecule has 0 aromatic heterocycles. The summed E-state index contributed by atoms with van der Waals surface area (Å²) in [6, 6.07) is 8.09. The Morgan fingerprint density at radius 1 is 1.41 bits per heavy atom. The second-order valence-corrected chi connectivity index (χ2v) is 5.55. The summed E-state index contributed by atoms with van der Waals surface area (Å²) in [6.45, 7) is 0.920. The van der Waals surface area contributed by atoms with Crippen LogP contribution in [0.2, 0.25) is 0 Å². The quantitative estimate of drug-likeness (QED) is 0.824. The lowest BCUT2D eigenvalue weighted by Gasteiger charge is -2.17. The van der Waals surface area contributed by atoms with Crippen molar-refractivity contribution in [2.75, 3.05) is 27.2 Å². The average Bonchev–Trinajstić information content (AvgIpc) is 2.35. The molecule has 1 aromatic carbocycles. The standard InChI is InChI=1S/C11H15N3O2S/c1-13-7-8-14(2)17(15,16)11-6-4-3-5-10(11)9-12/h3-6,13H,7-8H2,1-2H3. The van der Waals surface area contributed by atoms with Gasteiger partial charge in [0.25, 0.3) is 0 Å². The second kappa shape index (κ2) is 5.77. The first-order valence-corrected chi connectivity index (χ1v) is 6.58. The van der Waals surface area contributed by atoms with Crippen LogP contribution in [0, 0.1) is 11.3 Å². The highest BCUT2D eigenvalue weighted by Gasteiger charge is 2.22. The Kier molecular flexibility index (Phi) is 4.63. The number of rotatable bonds is 5. The van der Waals surface area contributed by atoms with Crippen molar-refractivity contribution in [2.45, 2.75) is 4.90 Å². The monoisotopic (exact) mass is 253 g/mol. The highest BCUT2D eigenvalue weighted by molar-refractivity contribution is 7.89. The number of nitrogens with one attached hydrogen (secondary N) is 1. The zero-order chi connectivity index (χ0) is 12.9. The van der Waals surface area contributed by atoms with E-state index in [1.165, 1.54) is 23.5 Å². The minimum absolute atomic E-state index is 0.0566. The first kappa shape index (κ1) is 13.6. The molecule has 0 saturated carbocycles. The van der Waals surface area contributed by atoms with Crippen LogP contribution in [-0.4, -0.2) is 39.9 Å². The molecule has 92 valence electrons. The molecule has 0 amide bonds. The van der Waals surface area contributed by atoms with Crippen LogP contribution in [0.4, 0.5) is 0 Å². The van der Waals surface area contributed by atoms with Gasteiger partial charge in [0.15, 0.2) is 0 Å². The van der Waals surface area contributed by atoms with Crippen molar-refractivity contribution >= 4 is 10.0 Å². The first-order valence-electron chi connectivity index (χ1n) is 5.14. The zero-order valence-corrected chi connectivity index (χ0v) is 10.7. The molecule has 0 spiro atoms. The first-order chi connectivity index (χ1) is 8.04. The number of sulfonamides is 1. The minimum Gasteiger partial charge on any atom is -0.318 e. The molecule has 1 N–H and O–H groups in total. The zero-order valence-electron chi connectivity index (χ0n) is 9.84. The van der Waals surface area contributed by atoms with Gasteiger partial charge in [-0.25, -0.2) is 8.42 Å². The molecular formula is C11H15N3O2S. The van der Waals surface area contributed by atoms with Gasteiger partial charge < -0.3 is 5.32 Å². The fraction of sp³-hybridized carbons (Fsp3) is 0.364. The van der Waals surface area contributed by atoms with Crippen LogP contribution < -0.4 is 5.32 Å². The SMILES string of the molecule is CNCCN(C)S(=O)(=O)c1ccccc1C#N. The smallest absolute Gasteiger partial charge is 0.244 e. The summed E-state index contributed by atoms with van der Waals surface area (Å²) in [4.78, 5) is 0.0566. The third kappa shape index (κ3) is 3.03. The predicted octanol–water partition coefficient (Wildman–Crippen LogP) is 0.398. The van der Waals surface area contributed by atoms with Crippen molar-refractivity contribution in [1.29, 1.82) is 5.26 Å². The summed E-state index contributed by atoms with van der Waals surface area (Å²) < 4.78 is 25.6. The Hall–Kier alpha value is -1.42. The highest BCUT2D eigenvalue weighted by Crippen LogP contribution is 2.17. The van der Waals surface area contributed by atoms with Gasteiger partial charge in [-0.2, -0.15) is 9.57 Å². The number of nitrogens with zero attached hydrogens (tertiary/aromatic N) is 2. The molecule has 0 heterocycles. The van der Waals surface area contributed by atoms with E-state index in [9.17, 15) is 8.42 Å². The fourth-order valence-electron chi connectivity index (χ4n) is 1.34. The van der Waals surface area contributed by atoms with E-state index in [2.05, 4.69) is 5.32 Å². The molecule has 6 heteroatoms. The number of likely N-dealkylation sites (N-methyl/N-ethyl adjacent to an activating group) is 2. The number of benzene rings is 1. The van der Waals surface area contributed by atoms with Gasteiger partial charge in [-0.15, -0.1) is 0 Å². The van der Waals surface area contributed by atoms with Crippen LogP contribution in [0.3, 0.4) is 0 Å². The van der Waals surface area contributed by atoms with Crippen LogP contribution in [0.15, 0.2) is 29.2 Å². The maximum absolute atomic E-state index is 12.2. The van der Waals surface area contributed by atoms with E-state index < -0.39 is 10.0 Å². The summed E-state index contributed by atoms with van der Waals surface area (Å²) in [5, 5.41) is 11.8. The van der Waals surface area contributed by atoms with Crippen molar-refractivity contribution in [3.8, 4) is 6.07 Å². The fourth-order valence-corrected chi connectivity index (χ4v) is 2.65. The van der Waals surface area contributed by atoms with Gasteiger partial charge in [0.1, 0.15) is 6.07 Å². The van der Waals surface area contributed by atoms with E-state index in [4.69, 9.17) is 5.26 Å². The lowest BCUT2D eigenvalue weighted by molar-refractivity contribution is 0.466. The Bertz CT molecular complexity index is 520. The van der Waals surface area contributed by atoms with Gasteiger partial charge >= 0.3 is 0 Å². The van der Waals surface area contributed by atoms with Gasteiger partial charge in [-0.3, -0.25) is 0 Å². The maximum atomic E-state index is 12.2. The molecule has 17 heavy (non-hydrogen) atoms. The van der Waals surface area contributed by atoms with Crippen LogP contribution in [-0.2, 0) is 10.0 Å². The highest BCUT2D eigenvalue weighted by atomic mass is 32.2. The summed E-state index contributed by atoms with van der Waals surface area (Å²) in [6.07, 6.45) is 0. The minimum atomic E-state index is -3.58. The van der Waals surface area contributed by atoms with Gasteiger partial charge in [0.2, 0.25) is 10.0 Å². The Balaban J connectivity index is 3.10. The number of hydrogen-bond acceptors (Lipinski definition) is 4. The van der Waals surface area contributed by atoms with E-state index in [-0.39, 0.29) is 10.5 Å². The summed E-state index contributed by atoms with van der Waals surface area (Å²) in [5.74, 6) is 0. The molecule has 0 aliphatic carbocycles. The van der Waals surface area contributed by atoms with Crippen molar-refractivity contribution in [3.05, 3.63) is 29.8 Å². The van der Waals surface area contributed by atoms with E-state index in [0.29, 0.717) is 13.1 Å². The topological polar surface area (TPSA) is 73.2 Å². The summed E-state index contributed by atoms with van der Waals surface area (Å²) in [7, 11) is -0.329. The largest absolute Gasteiger partial charge is 0.318 e. The molecule has 0 bridgehead atoms. The molecule has 0 unspecified atom stereocenters. The van der Waals surface area contributed by atoms with Gasteiger partial charge in [-0.05, 0) is 19.2 Å². The van der Waals surface area contributed by atoms with Crippen LogP contribution >= 0.6 is 0 Å². The van der Waals surface area contributed by atoms with Crippen molar-refractivity contribution < 1.29 is 8.42 Å². The molecule has 0 aliphatic rings. The molecule has 0 saturated heterocycles. The molecular weight excluding hydrogens is 238 g/mol. The molecule has 0 aliphatic heterocycles. The van der Waals surface area contributed by atoms with Gasteiger partial charge in [0.05, 0.1) is 10.5 Å². The van der Waals surface area contributed by atoms with Crippen molar-refractivity contribution in [2.24, 2.45) is 0 Å². The average molecular weight is 253 g/mol. The van der Waals surface area contributed by atoms with Gasteiger partial charge in [0, 0.05) is 20.1 Å². The molecule has 1 aromatic rings. The lowest BCUT2D eigenvalue weighted by Crippen LogP contribution is -2.33. The Morgan fingerprint density at radius 2 is 2.06 bits per heavy atom. The molecule has 1 rings (SSSR count). The summed E-state index contributed by atoms with van der Waals surface area (Å²) >= 11 is 0. The summed E-state index contributed by atoms with van der Waals surface area (Å²) in [5.41, 5.74) is 0.170. The molecule has 5 nitrogen and oxygen atoms in total. The van der Waals surface area contributed by atoms with Crippen LogP contribution in [0.25, 0.3) is 0 Å². The van der Waals surface area contributed by atoms with Crippen molar-refractivity contribution in [1.82, 2.24) is 9.62 Å². The van der Waals surface area contributed by atoms with E-state index in [0.717, 1.165) is 0 Å². The molecule has 0 radical (unpaired) electrons. The predicted molar refractivity (Wildman–Crippen MR) is 64.9 cm³/mol. The van der Waals surface area contributed by atoms with Crippen molar-refractivity contribution in [3.63, 3.8) is 0 Å². The van der Waals surface area contributed by atoms with E-state index >= 15 is 0 Å². The van der Waals surface area contributed by atoms with E-state index in [1.807, 2.05) is 6.07 Å². The van der Waals surface area contributed by atoms with Crippen LogP contribution in [0.5, 0.6) is 0 Å². The number of hydrogen-bond donors (Lipinski definition) is 1. The Labute approximate surface area is 102 Å². The second-order valence-electron chi connectivity index (χ2n) is 3.54. The normalized spacial score (nSPS) is 11.4. The lowest BCUT2D eigenvalue weighted by atomic mass is 10.2. The number of nitriles is 1. The third-order valence-electron chi connectivity index (χ3n) is 2.37. The van der Waals surface area contributed by atoms with Crippen LogP contribution in [0.1, 0.15) is 5.56 Å². The van der Waals surface area contributed by atoms with E-state index in [1.54, 1.807) is 19.2 Å². The third-order valence-corrected chi connectivity index (χ3v) is 4.29. The maximum Gasteiger partial charge on any atom is 0.244 e. The molecule has 0 fully saturated rings. The Morgan fingerprint density at radius 3 is 2.65 bits per heavy atom. The van der Waals surface area contributed by atoms with Gasteiger partial charge in [-0.1, -0.05) is 12.1 Å². The molecule has 0 atom stereocenters.